The molecule has 2 N–H and O–H groups in total. The molecule has 1 amide bonds. The summed E-state index contributed by atoms with van der Waals surface area (Å²) in [5.41, 5.74) is 1.57. The Bertz CT molecular complexity index is 701. The van der Waals surface area contributed by atoms with Gasteiger partial charge in [-0.3, -0.25) is 10.1 Å². The lowest BCUT2D eigenvalue weighted by molar-refractivity contribution is -0.131. The largest absolute Gasteiger partial charge is 0.478 e. The van der Waals surface area contributed by atoms with Crippen molar-refractivity contribution in [1.29, 1.82) is 0 Å². The van der Waals surface area contributed by atoms with Crippen LogP contribution < -0.4 is 5.32 Å². The van der Waals surface area contributed by atoms with Crippen molar-refractivity contribution in [2.24, 2.45) is 0 Å². The molecule has 0 aliphatic rings. The van der Waals surface area contributed by atoms with Crippen LogP contribution in [0.15, 0.2) is 17.5 Å². The molecule has 7 heteroatoms. The monoisotopic (exact) mass is 322 g/mol. The number of nitrogens with one attached hydrogen (secondary N) is 1. The number of carbonyl (C=O) groups excluding carboxylic acids is 1. The van der Waals surface area contributed by atoms with Crippen molar-refractivity contribution in [3.63, 3.8) is 0 Å². The predicted octanol–water partition coefficient (Wildman–Crippen LogP) is 3.43. The molecule has 0 radical (unpaired) electrons. The molecule has 0 atom stereocenters. The smallest absolute Gasteiger partial charge is 0.328 e. The number of nitrogens with zero attached hydrogens (tertiary/aromatic N) is 1. The van der Waals surface area contributed by atoms with E-state index in [9.17, 15) is 9.59 Å². The summed E-state index contributed by atoms with van der Waals surface area (Å²) in [5.74, 6) is -1.32. The standard InChI is InChI=1S/C14H14N2O3S2/c1-3-10-8(2)21-14(15-10)16-13(19)12-9(6-7-20-12)4-5-11(17)18/h4-7H,3H2,1-2H3,(H,17,18)(H,15,16,19). The van der Waals surface area contributed by atoms with Crippen LogP contribution in [0.2, 0.25) is 0 Å². The fraction of sp³-hybridized carbons (Fsp3) is 0.214. The van der Waals surface area contributed by atoms with Crippen molar-refractivity contribution in [2.75, 3.05) is 5.32 Å². The molecule has 0 spiro atoms. The van der Waals surface area contributed by atoms with Crippen LogP contribution >= 0.6 is 22.7 Å². The molecule has 2 aromatic heterocycles. The average molecular weight is 322 g/mol. The van der Waals surface area contributed by atoms with E-state index < -0.39 is 5.97 Å². The second-order valence-corrected chi connectivity index (χ2v) is 6.33. The van der Waals surface area contributed by atoms with Crippen molar-refractivity contribution in [3.8, 4) is 0 Å². The summed E-state index contributed by atoms with van der Waals surface area (Å²) in [6.45, 7) is 3.99. The zero-order valence-corrected chi connectivity index (χ0v) is 13.2. The van der Waals surface area contributed by atoms with Crippen LogP contribution in [-0.4, -0.2) is 22.0 Å². The van der Waals surface area contributed by atoms with Gasteiger partial charge in [0.05, 0.1) is 10.6 Å². The zero-order chi connectivity index (χ0) is 15.4. The molecule has 0 saturated heterocycles. The first-order valence-electron chi connectivity index (χ1n) is 6.27. The zero-order valence-electron chi connectivity index (χ0n) is 11.5. The third-order valence-electron chi connectivity index (χ3n) is 2.76. The van der Waals surface area contributed by atoms with Gasteiger partial charge in [0.1, 0.15) is 0 Å². The number of carboxylic acid groups (broad SMARTS) is 1. The van der Waals surface area contributed by atoms with Crippen molar-refractivity contribution >= 4 is 45.8 Å². The van der Waals surface area contributed by atoms with Gasteiger partial charge in [0.2, 0.25) is 0 Å². The number of carboxylic acids is 1. The van der Waals surface area contributed by atoms with Gasteiger partial charge in [0.25, 0.3) is 5.91 Å². The van der Waals surface area contributed by atoms with E-state index in [1.807, 2.05) is 13.8 Å². The molecular formula is C14H14N2O3S2. The van der Waals surface area contributed by atoms with Crippen LogP contribution in [0.1, 0.15) is 32.7 Å². The first-order valence-corrected chi connectivity index (χ1v) is 7.97. The highest BCUT2D eigenvalue weighted by Crippen LogP contribution is 2.25. The van der Waals surface area contributed by atoms with Crippen molar-refractivity contribution in [1.82, 2.24) is 4.98 Å². The Kier molecular flexibility index (Phi) is 4.87. The number of carbonyl (C=O) groups is 2. The summed E-state index contributed by atoms with van der Waals surface area (Å²) < 4.78 is 0. The van der Waals surface area contributed by atoms with Gasteiger partial charge in [0, 0.05) is 11.0 Å². The summed E-state index contributed by atoms with van der Waals surface area (Å²) in [4.78, 5) is 28.7. The van der Waals surface area contributed by atoms with Crippen LogP contribution in [-0.2, 0) is 11.2 Å². The molecule has 110 valence electrons. The Morgan fingerprint density at radius 3 is 2.86 bits per heavy atom. The summed E-state index contributed by atoms with van der Waals surface area (Å²) in [7, 11) is 0. The molecule has 0 aliphatic carbocycles. The Balaban J connectivity index is 2.17. The topological polar surface area (TPSA) is 79.3 Å². The van der Waals surface area contributed by atoms with Crippen LogP contribution in [0.3, 0.4) is 0 Å². The van der Waals surface area contributed by atoms with E-state index in [1.54, 1.807) is 11.4 Å². The number of rotatable bonds is 5. The highest BCUT2D eigenvalue weighted by molar-refractivity contribution is 7.16. The summed E-state index contributed by atoms with van der Waals surface area (Å²) >= 11 is 2.70. The number of hydrogen-bond donors (Lipinski definition) is 2. The minimum Gasteiger partial charge on any atom is -0.478 e. The maximum atomic E-state index is 12.2. The molecule has 0 fully saturated rings. The molecule has 5 nitrogen and oxygen atoms in total. The van der Waals surface area contributed by atoms with E-state index in [2.05, 4.69) is 10.3 Å². The summed E-state index contributed by atoms with van der Waals surface area (Å²) in [6, 6.07) is 1.71. The van der Waals surface area contributed by atoms with Crippen molar-refractivity contribution in [2.45, 2.75) is 20.3 Å². The molecule has 21 heavy (non-hydrogen) atoms. The fourth-order valence-corrected chi connectivity index (χ4v) is 3.44. The Labute approximate surface area is 130 Å². The van der Waals surface area contributed by atoms with Crippen LogP contribution in [0.25, 0.3) is 6.08 Å². The van der Waals surface area contributed by atoms with Gasteiger partial charge in [-0.05, 0) is 36.4 Å². The van der Waals surface area contributed by atoms with Crippen LogP contribution in [0.4, 0.5) is 5.13 Å². The van der Waals surface area contributed by atoms with E-state index in [-0.39, 0.29) is 5.91 Å². The quantitative estimate of drug-likeness (QED) is 0.827. The third kappa shape index (κ3) is 3.77. The van der Waals surface area contributed by atoms with Gasteiger partial charge in [-0.1, -0.05) is 6.92 Å². The minimum atomic E-state index is -1.05. The number of thiazole rings is 1. The predicted molar refractivity (Wildman–Crippen MR) is 85.2 cm³/mol. The number of hydrogen-bond acceptors (Lipinski definition) is 5. The molecule has 0 aromatic carbocycles. The third-order valence-corrected chi connectivity index (χ3v) is 4.61. The Morgan fingerprint density at radius 1 is 1.48 bits per heavy atom. The van der Waals surface area contributed by atoms with E-state index in [0.29, 0.717) is 15.6 Å². The molecule has 0 saturated carbocycles. The molecule has 2 rings (SSSR count). The van der Waals surface area contributed by atoms with E-state index in [1.165, 1.54) is 28.7 Å². The highest BCUT2D eigenvalue weighted by atomic mass is 32.1. The van der Waals surface area contributed by atoms with Crippen molar-refractivity contribution in [3.05, 3.63) is 38.5 Å². The fourth-order valence-electron chi connectivity index (χ4n) is 1.76. The highest BCUT2D eigenvalue weighted by Gasteiger charge is 2.14. The average Bonchev–Trinajstić information content (AvgIpc) is 3.02. The second kappa shape index (κ2) is 6.64. The van der Waals surface area contributed by atoms with Gasteiger partial charge in [-0.15, -0.1) is 22.7 Å². The SMILES string of the molecule is CCc1nc(NC(=O)c2sccc2C=CC(=O)O)sc1C. The molecule has 0 unspecified atom stereocenters. The normalized spacial score (nSPS) is 11.0. The molecule has 2 heterocycles. The van der Waals surface area contributed by atoms with E-state index in [0.717, 1.165) is 23.1 Å². The van der Waals surface area contributed by atoms with Gasteiger partial charge in [-0.25, -0.2) is 9.78 Å². The lowest BCUT2D eigenvalue weighted by Crippen LogP contribution is -2.11. The minimum absolute atomic E-state index is 0.272. The van der Waals surface area contributed by atoms with Crippen molar-refractivity contribution < 1.29 is 14.7 Å². The molecule has 0 aliphatic heterocycles. The number of aliphatic carboxylic acids is 1. The van der Waals surface area contributed by atoms with Crippen LogP contribution in [0.5, 0.6) is 0 Å². The van der Waals surface area contributed by atoms with Gasteiger partial charge in [-0.2, -0.15) is 0 Å². The maximum Gasteiger partial charge on any atom is 0.328 e. The first-order chi connectivity index (χ1) is 10.0. The van der Waals surface area contributed by atoms with Gasteiger partial charge >= 0.3 is 5.97 Å². The Hall–Kier alpha value is -1.99. The molecule has 0 bridgehead atoms. The molecular weight excluding hydrogens is 308 g/mol. The maximum absolute atomic E-state index is 12.2. The van der Waals surface area contributed by atoms with Crippen LogP contribution in [0, 0.1) is 6.92 Å². The number of aryl methyl sites for hydroxylation is 2. The Morgan fingerprint density at radius 2 is 2.24 bits per heavy atom. The lowest BCUT2D eigenvalue weighted by atomic mass is 10.2. The van der Waals surface area contributed by atoms with Gasteiger partial charge in [0.15, 0.2) is 5.13 Å². The number of anilines is 1. The number of amides is 1. The number of thiophene rings is 1. The molecule has 2 aromatic rings. The number of aromatic nitrogens is 1. The summed E-state index contributed by atoms with van der Waals surface area (Å²) in [5, 5.41) is 13.7. The second-order valence-electron chi connectivity index (χ2n) is 4.21. The lowest BCUT2D eigenvalue weighted by Gasteiger charge is -2.00. The van der Waals surface area contributed by atoms with E-state index in [4.69, 9.17) is 5.11 Å². The van der Waals surface area contributed by atoms with E-state index >= 15 is 0 Å². The van der Waals surface area contributed by atoms with Gasteiger partial charge < -0.3 is 5.11 Å². The first kappa shape index (κ1) is 15.4. The summed E-state index contributed by atoms with van der Waals surface area (Å²) in [6.07, 6.45) is 3.25.